The highest BCUT2D eigenvalue weighted by Crippen LogP contribution is 2.24. The fourth-order valence-electron chi connectivity index (χ4n) is 2.75. The van der Waals surface area contributed by atoms with Crippen LogP contribution >= 0.6 is 0 Å². The van der Waals surface area contributed by atoms with Crippen LogP contribution in [-0.2, 0) is 9.53 Å². The summed E-state index contributed by atoms with van der Waals surface area (Å²) in [6.07, 6.45) is 1.56. The second kappa shape index (κ2) is 8.52. The summed E-state index contributed by atoms with van der Waals surface area (Å²) in [5.74, 6) is -0.0296. The monoisotopic (exact) mass is 331 g/mol. The average Bonchev–Trinajstić information content (AvgIpc) is 2.60. The van der Waals surface area contributed by atoms with Gasteiger partial charge in [0.25, 0.3) is 5.91 Å². The van der Waals surface area contributed by atoms with Gasteiger partial charge in [0.15, 0.2) is 0 Å². The van der Waals surface area contributed by atoms with Crippen molar-refractivity contribution in [1.29, 1.82) is 0 Å². The molecule has 1 fully saturated rings. The van der Waals surface area contributed by atoms with Crippen molar-refractivity contribution in [3.63, 3.8) is 0 Å². The number of piperidine rings is 1. The van der Waals surface area contributed by atoms with Gasteiger partial charge < -0.3 is 14.4 Å². The first-order valence-corrected chi connectivity index (χ1v) is 8.35. The lowest BCUT2D eigenvalue weighted by Crippen LogP contribution is -2.42. The Morgan fingerprint density at radius 3 is 2.79 bits per heavy atom. The van der Waals surface area contributed by atoms with Crippen LogP contribution in [0.1, 0.15) is 37.0 Å². The first kappa shape index (κ1) is 18.0. The van der Waals surface area contributed by atoms with Gasteiger partial charge in [0.1, 0.15) is 12.4 Å². The minimum Gasteiger partial charge on any atom is -0.488 e. The molecule has 1 atom stereocenters. The van der Waals surface area contributed by atoms with Crippen molar-refractivity contribution in [1.82, 2.24) is 4.90 Å². The van der Waals surface area contributed by atoms with Crippen LogP contribution in [0.2, 0.25) is 0 Å². The van der Waals surface area contributed by atoms with Gasteiger partial charge in [-0.25, -0.2) is 0 Å². The predicted molar refractivity (Wildman–Crippen MR) is 92.0 cm³/mol. The minimum atomic E-state index is -0.244. The summed E-state index contributed by atoms with van der Waals surface area (Å²) in [5.41, 5.74) is 1.40. The van der Waals surface area contributed by atoms with Gasteiger partial charge in [-0.2, -0.15) is 0 Å². The number of carbonyl (C=O) groups is 2. The number of ether oxygens (including phenoxy) is 2. The maximum atomic E-state index is 12.9. The molecule has 0 aliphatic carbocycles. The minimum absolute atomic E-state index is 0.110. The smallest absolute Gasteiger partial charge is 0.310 e. The van der Waals surface area contributed by atoms with Crippen LogP contribution in [0.3, 0.4) is 0 Å². The Balaban J connectivity index is 2.10. The van der Waals surface area contributed by atoms with E-state index >= 15 is 0 Å². The van der Waals surface area contributed by atoms with E-state index in [1.54, 1.807) is 24.0 Å². The van der Waals surface area contributed by atoms with E-state index in [1.165, 1.54) is 0 Å². The summed E-state index contributed by atoms with van der Waals surface area (Å²) in [6, 6.07) is 7.18. The van der Waals surface area contributed by atoms with Crippen molar-refractivity contribution in [2.45, 2.75) is 26.7 Å². The predicted octanol–water partition coefficient (Wildman–Crippen LogP) is 3.06. The Bertz CT molecular complexity index is 611. The molecule has 0 saturated carbocycles. The van der Waals surface area contributed by atoms with E-state index in [9.17, 15) is 9.59 Å². The van der Waals surface area contributed by atoms with Gasteiger partial charge in [-0.3, -0.25) is 9.59 Å². The number of rotatable bonds is 6. The molecule has 1 heterocycles. The van der Waals surface area contributed by atoms with Crippen LogP contribution in [0.15, 0.2) is 36.4 Å². The number of amides is 1. The first-order chi connectivity index (χ1) is 11.5. The van der Waals surface area contributed by atoms with Crippen molar-refractivity contribution >= 4 is 11.9 Å². The molecular formula is C19H25NO4. The number of para-hydroxylation sites is 1. The molecule has 1 aromatic rings. The number of likely N-dealkylation sites (tertiary alicyclic amines) is 1. The summed E-state index contributed by atoms with van der Waals surface area (Å²) < 4.78 is 10.8. The van der Waals surface area contributed by atoms with Crippen LogP contribution in [0, 0.1) is 5.92 Å². The number of hydrogen-bond acceptors (Lipinski definition) is 4. The molecule has 5 nitrogen and oxygen atoms in total. The highest BCUT2D eigenvalue weighted by molar-refractivity contribution is 5.97. The topological polar surface area (TPSA) is 55.8 Å². The van der Waals surface area contributed by atoms with E-state index in [1.807, 2.05) is 19.1 Å². The number of esters is 1. The van der Waals surface area contributed by atoms with Crippen molar-refractivity contribution in [3.05, 3.63) is 42.0 Å². The van der Waals surface area contributed by atoms with Gasteiger partial charge in [-0.05, 0) is 44.4 Å². The second-order valence-electron chi connectivity index (χ2n) is 6.08. The third-order valence-corrected chi connectivity index (χ3v) is 3.92. The van der Waals surface area contributed by atoms with Gasteiger partial charge >= 0.3 is 5.97 Å². The van der Waals surface area contributed by atoms with Gasteiger partial charge in [-0.15, -0.1) is 0 Å². The number of carbonyl (C=O) groups excluding carboxylic acids is 2. The van der Waals surface area contributed by atoms with E-state index in [0.717, 1.165) is 18.4 Å². The Hall–Kier alpha value is -2.30. The summed E-state index contributed by atoms with van der Waals surface area (Å²) in [5, 5.41) is 0. The van der Waals surface area contributed by atoms with Crippen molar-refractivity contribution in [2.75, 3.05) is 26.3 Å². The van der Waals surface area contributed by atoms with Gasteiger partial charge in [-0.1, -0.05) is 18.7 Å². The fraction of sp³-hybridized carbons (Fsp3) is 0.474. The van der Waals surface area contributed by atoms with Crippen molar-refractivity contribution in [3.8, 4) is 5.75 Å². The van der Waals surface area contributed by atoms with Crippen molar-refractivity contribution < 1.29 is 19.1 Å². The Morgan fingerprint density at radius 2 is 2.08 bits per heavy atom. The van der Waals surface area contributed by atoms with Crippen LogP contribution in [0.5, 0.6) is 5.75 Å². The molecule has 0 unspecified atom stereocenters. The molecule has 2 rings (SSSR count). The summed E-state index contributed by atoms with van der Waals surface area (Å²) in [7, 11) is 0. The molecule has 130 valence electrons. The maximum absolute atomic E-state index is 12.9. The molecule has 1 aliphatic rings. The summed E-state index contributed by atoms with van der Waals surface area (Å²) >= 11 is 0. The molecule has 24 heavy (non-hydrogen) atoms. The lowest BCUT2D eigenvalue weighted by Gasteiger charge is -2.32. The standard InChI is InChI=1S/C19H25NO4/c1-4-23-19(22)15-8-7-11-20(12-15)18(21)16-9-5-6-10-17(16)24-13-14(2)3/h5-6,9-10,15H,2,4,7-8,11-13H2,1,3H3/t15-/m0/s1. The number of nitrogens with zero attached hydrogens (tertiary/aromatic N) is 1. The molecule has 0 spiro atoms. The third-order valence-electron chi connectivity index (χ3n) is 3.92. The largest absolute Gasteiger partial charge is 0.488 e. The van der Waals surface area contributed by atoms with E-state index in [2.05, 4.69) is 6.58 Å². The molecule has 1 aromatic carbocycles. The summed E-state index contributed by atoms with van der Waals surface area (Å²) in [6.45, 7) is 9.24. The highest BCUT2D eigenvalue weighted by atomic mass is 16.5. The first-order valence-electron chi connectivity index (χ1n) is 8.35. The third kappa shape index (κ3) is 4.60. The summed E-state index contributed by atoms with van der Waals surface area (Å²) in [4.78, 5) is 26.5. The maximum Gasteiger partial charge on any atom is 0.310 e. The Kier molecular flexibility index (Phi) is 6.41. The van der Waals surface area contributed by atoms with E-state index < -0.39 is 0 Å². The molecular weight excluding hydrogens is 306 g/mol. The van der Waals surface area contributed by atoms with Crippen LogP contribution < -0.4 is 4.74 Å². The normalized spacial score (nSPS) is 17.2. The lowest BCUT2D eigenvalue weighted by molar-refractivity contribution is -0.149. The van der Waals surface area contributed by atoms with Gasteiger partial charge in [0, 0.05) is 13.1 Å². The quantitative estimate of drug-likeness (QED) is 0.594. The van der Waals surface area contributed by atoms with Gasteiger partial charge in [0.2, 0.25) is 0 Å². The zero-order valence-electron chi connectivity index (χ0n) is 14.4. The zero-order chi connectivity index (χ0) is 17.5. The molecule has 1 saturated heterocycles. The van der Waals surface area contributed by atoms with Crippen LogP contribution in [0.4, 0.5) is 0 Å². The number of benzene rings is 1. The second-order valence-corrected chi connectivity index (χ2v) is 6.08. The number of hydrogen-bond donors (Lipinski definition) is 0. The van der Waals surface area contributed by atoms with Crippen LogP contribution in [-0.4, -0.2) is 43.1 Å². The molecule has 1 amide bonds. The van der Waals surface area contributed by atoms with E-state index in [4.69, 9.17) is 9.47 Å². The Labute approximate surface area is 143 Å². The highest BCUT2D eigenvalue weighted by Gasteiger charge is 2.30. The van der Waals surface area contributed by atoms with E-state index in [0.29, 0.717) is 37.6 Å². The van der Waals surface area contributed by atoms with E-state index in [-0.39, 0.29) is 17.8 Å². The van der Waals surface area contributed by atoms with Crippen LogP contribution in [0.25, 0.3) is 0 Å². The molecule has 1 aliphatic heterocycles. The SMILES string of the molecule is C=C(C)COc1ccccc1C(=O)N1CCC[C@H](C(=O)OCC)C1. The lowest BCUT2D eigenvalue weighted by atomic mass is 9.97. The Morgan fingerprint density at radius 1 is 1.33 bits per heavy atom. The molecule has 0 aromatic heterocycles. The zero-order valence-corrected chi connectivity index (χ0v) is 14.4. The molecule has 0 radical (unpaired) electrons. The fourth-order valence-corrected chi connectivity index (χ4v) is 2.75. The molecule has 0 N–H and O–H groups in total. The van der Waals surface area contributed by atoms with Crippen molar-refractivity contribution in [2.24, 2.45) is 5.92 Å². The molecule has 0 bridgehead atoms. The van der Waals surface area contributed by atoms with Gasteiger partial charge in [0.05, 0.1) is 18.1 Å². The molecule has 5 heteroatoms. The average molecular weight is 331 g/mol.